The van der Waals surface area contributed by atoms with E-state index in [1.54, 1.807) is 20.8 Å². The molecule has 1 amide bonds. The van der Waals surface area contributed by atoms with Crippen molar-refractivity contribution in [2.24, 2.45) is 5.73 Å². The van der Waals surface area contributed by atoms with Gasteiger partial charge >= 0.3 is 5.97 Å². The molecule has 1 aliphatic rings. The van der Waals surface area contributed by atoms with Crippen LogP contribution in [0.1, 0.15) is 40.0 Å². The van der Waals surface area contributed by atoms with E-state index in [-0.39, 0.29) is 5.91 Å². The maximum Gasteiger partial charge on any atom is 0.329 e. The van der Waals surface area contributed by atoms with Gasteiger partial charge < -0.3 is 15.7 Å². The fourth-order valence-electron chi connectivity index (χ4n) is 2.02. The number of carbonyl (C=O) groups is 2. The SMILES string of the molecule is CC(C)(N)C(=O)N1CCCCC1(C)C(=O)O. The zero-order valence-electron chi connectivity index (χ0n) is 10.1. The first-order valence-corrected chi connectivity index (χ1v) is 5.54. The van der Waals surface area contributed by atoms with Gasteiger partial charge in [0.05, 0.1) is 5.54 Å². The minimum atomic E-state index is -1.11. The van der Waals surface area contributed by atoms with Crippen LogP contribution in [0.25, 0.3) is 0 Å². The van der Waals surface area contributed by atoms with Gasteiger partial charge in [-0.1, -0.05) is 0 Å². The van der Waals surface area contributed by atoms with Gasteiger partial charge in [0.1, 0.15) is 5.54 Å². The molecule has 0 aromatic rings. The predicted octanol–water partition coefficient (Wildman–Crippen LogP) is 0.579. The summed E-state index contributed by atoms with van der Waals surface area (Å²) in [5.74, 6) is -1.25. The summed E-state index contributed by atoms with van der Waals surface area (Å²) in [5.41, 5.74) is 3.62. The van der Waals surface area contributed by atoms with Crippen LogP contribution in [0, 0.1) is 0 Å². The van der Waals surface area contributed by atoms with E-state index in [1.807, 2.05) is 0 Å². The monoisotopic (exact) mass is 228 g/mol. The summed E-state index contributed by atoms with van der Waals surface area (Å²) < 4.78 is 0. The minimum absolute atomic E-state index is 0.294. The van der Waals surface area contributed by atoms with Gasteiger partial charge in [-0.3, -0.25) is 4.79 Å². The third kappa shape index (κ3) is 2.19. The smallest absolute Gasteiger partial charge is 0.329 e. The molecule has 1 heterocycles. The maximum absolute atomic E-state index is 12.1. The average molecular weight is 228 g/mol. The molecule has 0 bridgehead atoms. The van der Waals surface area contributed by atoms with Gasteiger partial charge in [-0.25, -0.2) is 4.79 Å². The van der Waals surface area contributed by atoms with Crippen molar-refractivity contribution in [3.05, 3.63) is 0 Å². The van der Waals surface area contributed by atoms with E-state index in [0.717, 1.165) is 12.8 Å². The Balaban J connectivity index is 3.00. The zero-order valence-corrected chi connectivity index (χ0v) is 10.1. The van der Waals surface area contributed by atoms with Gasteiger partial charge in [0.15, 0.2) is 0 Å². The zero-order chi connectivity index (χ0) is 12.6. The Morgan fingerprint density at radius 3 is 2.38 bits per heavy atom. The van der Waals surface area contributed by atoms with Gasteiger partial charge in [-0.05, 0) is 40.0 Å². The number of nitrogens with two attached hydrogens (primary N) is 1. The van der Waals surface area contributed by atoms with Crippen LogP contribution in [0.3, 0.4) is 0 Å². The molecule has 5 heteroatoms. The van der Waals surface area contributed by atoms with E-state index in [9.17, 15) is 14.7 Å². The number of piperidine rings is 1. The summed E-state index contributed by atoms with van der Waals surface area (Å²) in [5, 5.41) is 9.25. The Morgan fingerprint density at radius 1 is 1.38 bits per heavy atom. The number of rotatable bonds is 2. The number of carbonyl (C=O) groups excluding carboxylic acids is 1. The van der Waals surface area contributed by atoms with Gasteiger partial charge in [-0.15, -0.1) is 0 Å². The molecule has 92 valence electrons. The Bertz CT molecular complexity index is 309. The molecule has 0 radical (unpaired) electrons. The highest BCUT2D eigenvalue weighted by Crippen LogP contribution is 2.29. The number of aliphatic carboxylic acids is 1. The van der Waals surface area contributed by atoms with Crippen molar-refractivity contribution < 1.29 is 14.7 Å². The third-order valence-electron chi connectivity index (χ3n) is 3.15. The summed E-state index contributed by atoms with van der Waals surface area (Å²) in [4.78, 5) is 24.8. The van der Waals surface area contributed by atoms with Crippen molar-refractivity contribution in [1.29, 1.82) is 0 Å². The van der Waals surface area contributed by atoms with Crippen LogP contribution in [0.2, 0.25) is 0 Å². The van der Waals surface area contributed by atoms with Crippen LogP contribution in [-0.4, -0.2) is 39.5 Å². The van der Waals surface area contributed by atoms with E-state index in [0.29, 0.717) is 13.0 Å². The second-order valence-corrected chi connectivity index (χ2v) is 5.21. The molecule has 3 N–H and O–H groups in total. The predicted molar refractivity (Wildman–Crippen MR) is 59.9 cm³/mol. The Hall–Kier alpha value is -1.10. The van der Waals surface area contributed by atoms with Gasteiger partial charge in [0.2, 0.25) is 5.91 Å². The number of likely N-dealkylation sites (tertiary alicyclic amines) is 1. The van der Waals surface area contributed by atoms with Crippen LogP contribution >= 0.6 is 0 Å². The quantitative estimate of drug-likeness (QED) is 0.724. The van der Waals surface area contributed by atoms with Crippen molar-refractivity contribution in [2.45, 2.75) is 51.1 Å². The van der Waals surface area contributed by atoms with Crippen molar-refractivity contribution in [3.8, 4) is 0 Å². The molecular weight excluding hydrogens is 208 g/mol. The molecule has 0 aliphatic carbocycles. The van der Waals surface area contributed by atoms with Crippen LogP contribution in [0.4, 0.5) is 0 Å². The summed E-state index contributed by atoms with van der Waals surface area (Å²) in [6.45, 7) is 5.28. The third-order valence-corrected chi connectivity index (χ3v) is 3.15. The number of carboxylic acids is 1. The van der Waals surface area contributed by atoms with Crippen LogP contribution in [0.5, 0.6) is 0 Å². The summed E-state index contributed by atoms with van der Waals surface area (Å²) in [7, 11) is 0. The largest absolute Gasteiger partial charge is 0.480 e. The van der Waals surface area contributed by atoms with E-state index in [2.05, 4.69) is 0 Å². The van der Waals surface area contributed by atoms with Crippen molar-refractivity contribution >= 4 is 11.9 Å². The molecular formula is C11H20N2O3. The first-order chi connectivity index (χ1) is 7.19. The lowest BCUT2D eigenvalue weighted by Gasteiger charge is -2.44. The molecule has 0 aromatic heterocycles. The highest BCUT2D eigenvalue weighted by atomic mass is 16.4. The minimum Gasteiger partial charge on any atom is -0.480 e. The molecule has 0 spiro atoms. The molecule has 0 aromatic carbocycles. The fraction of sp³-hybridized carbons (Fsp3) is 0.818. The second kappa shape index (κ2) is 4.05. The lowest BCUT2D eigenvalue weighted by atomic mass is 9.86. The molecule has 1 rings (SSSR count). The summed E-state index contributed by atoms with van der Waals surface area (Å²) >= 11 is 0. The number of hydrogen-bond donors (Lipinski definition) is 2. The van der Waals surface area contributed by atoms with Gasteiger partial charge in [-0.2, -0.15) is 0 Å². The standard InChI is InChI=1S/C11H20N2O3/c1-10(2,12)8(14)13-7-5-4-6-11(13,3)9(15)16/h4-7,12H2,1-3H3,(H,15,16). The Labute approximate surface area is 95.6 Å². The maximum atomic E-state index is 12.1. The van der Waals surface area contributed by atoms with E-state index >= 15 is 0 Å². The topological polar surface area (TPSA) is 83.6 Å². The van der Waals surface area contributed by atoms with Crippen molar-refractivity contribution in [1.82, 2.24) is 4.90 Å². The second-order valence-electron chi connectivity index (χ2n) is 5.21. The molecule has 1 unspecified atom stereocenters. The highest BCUT2D eigenvalue weighted by molar-refractivity contribution is 5.91. The van der Waals surface area contributed by atoms with E-state index in [4.69, 9.17) is 5.73 Å². The van der Waals surface area contributed by atoms with Crippen molar-refractivity contribution in [2.75, 3.05) is 6.54 Å². The van der Waals surface area contributed by atoms with Gasteiger partial charge in [0, 0.05) is 6.54 Å². The summed E-state index contributed by atoms with van der Waals surface area (Å²) in [6, 6.07) is 0. The molecule has 1 fully saturated rings. The molecule has 1 aliphatic heterocycles. The fourth-order valence-corrected chi connectivity index (χ4v) is 2.02. The first-order valence-electron chi connectivity index (χ1n) is 5.54. The summed E-state index contributed by atoms with van der Waals surface area (Å²) in [6.07, 6.45) is 2.16. The molecule has 16 heavy (non-hydrogen) atoms. The number of amides is 1. The van der Waals surface area contributed by atoms with Gasteiger partial charge in [0.25, 0.3) is 0 Å². The Morgan fingerprint density at radius 2 is 1.94 bits per heavy atom. The first kappa shape index (κ1) is 13.0. The van der Waals surface area contributed by atoms with Crippen LogP contribution < -0.4 is 5.73 Å². The molecule has 1 saturated heterocycles. The van der Waals surface area contributed by atoms with E-state index in [1.165, 1.54) is 4.90 Å². The number of carboxylic acid groups (broad SMARTS) is 1. The lowest BCUT2D eigenvalue weighted by Crippen LogP contribution is -2.63. The average Bonchev–Trinajstić information content (AvgIpc) is 2.16. The van der Waals surface area contributed by atoms with Crippen molar-refractivity contribution in [3.63, 3.8) is 0 Å². The molecule has 5 nitrogen and oxygen atoms in total. The molecule has 0 saturated carbocycles. The normalized spacial score (nSPS) is 26.6. The number of hydrogen-bond acceptors (Lipinski definition) is 3. The Kier molecular flexibility index (Phi) is 3.28. The molecule has 1 atom stereocenters. The number of nitrogens with zero attached hydrogens (tertiary/aromatic N) is 1. The van der Waals surface area contributed by atoms with E-state index < -0.39 is 17.0 Å². The van der Waals surface area contributed by atoms with Crippen LogP contribution in [-0.2, 0) is 9.59 Å². The lowest BCUT2D eigenvalue weighted by molar-refractivity contribution is -0.162. The highest BCUT2D eigenvalue weighted by Gasteiger charge is 2.46. The van der Waals surface area contributed by atoms with Crippen LogP contribution in [0.15, 0.2) is 0 Å².